The van der Waals surface area contributed by atoms with E-state index in [2.05, 4.69) is 5.32 Å². The molecule has 1 unspecified atom stereocenters. The van der Waals surface area contributed by atoms with Crippen LogP contribution in [0.25, 0.3) is 0 Å². The number of aliphatic hydroxyl groups is 1. The van der Waals surface area contributed by atoms with Crippen molar-refractivity contribution in [3.63, 3.8) is 0 Å². The van der Waals surface area contributed by atoms with Crippen LogP contribution in [0.3, 0.4) is 0 Å². The number of likely N-dealkylation sites (tertiary alicyclic amines) is 1. The highest BCUT2D eigenvalue weighted by atomic mass is 16.3. The van der Waals surface area contributed by atoms with Gasteiger partial charge in [0.15, 0.2) is 0 Å². The number of nitrogens with one attached hydrogen (secondary N) is 1. The first kappa shape index (κ1) is 11.4. The van der Waals surface area contributed by atoms with E-state index in [1.54, 1.807) is 11.8 Å². The van der Waals surface area contributed by atoms with E-state index >= 15 is 0 Å². The molecule has 16 heavy (non-hydrogen) atoms. The van der Waals surface area contributed by atoms with Crippen LogP contribution in [0, 0.1) is 5.92 Å². The zero-order valence-corrected chi connectivity index (χ0v) is 9.69. The zero-order valence-electron chi connectivity index (χ0n) is 9.69. The van der Waals surface area contributed by atoms with Crippen molar-refractivity contribution in [1.82, 2.24) is 10.2 Å². The minimum Gasteiger partial charge on any atom is -0.386 e. The fraction of sp³-hybridized carbons (Fsp3) is 0.818. The highest BCUT2D eigenvalue weighted by molar-refractivity contribution is 5.87. The van der Waals surface area contributed by atoms with Gasteiger partial charge in [-0.25, -0.2) is 0 Å². The minimum atomic E-state index is -0.647. The third-order valence-corrected chi connectivity index (χ3v) is 3.37. The molecule has 1 heterocycles. The Labute approximate surface area is 94.8 Å². The Hall–Kier alpha value is -1.10. The predicted octanol–water partition coefficient (Wildman–Crippen LogP) is -0.506. The first-order chi connectivity index (χ1) is 7.42. The average molecular weight is 226 g/mol. The van der Waals surface area contributed by atoms with E-state index < -0.39 is 11.6 Å². The largest absolute Gasteiger partial charge is 0.386 e. The molecule has 0 aromatic heterocycles. The standard InChI is InChI=1S/C11H18N2O3/c1-7(12-8(2)14)10(15)13-5-11(16,6-13)9-3-4-9/h7,9,16H,3-6H2,1-2H3,(H,12,14). The van der Waals surface area contributed by atoms with Gasteiger partial charge in [0.05, 0.1) is 13.1 Å². The highest BCUT2D eigenvalue weighted by Gasteiger charge is 2.53. The highest BCUT2D eigenvalue weighted by Crippen LogP contribution is 2.44. The molecule has 1 atom stereocenters. The normalized spacial score (nSPS) is 24.6. The van der Waals surface area contributed by atoms with Crippen LogP contribution in [0.15, 0.2) is 0 Å². The molecule has 0 bridgehead atoms. The Kier molecular flexibility index (Phi) is 2.66. The lowest BCUT2D eigenvalue weighted by atomic mass is 9.88. The summed E-state index contributed by atoms with van der Waals surface area (Å²) < 4.78 is 0. The number of hydrogen-bond donors (Lipinski definition) is 2. The molecule has 1 saturated carbocycles. The molecule has 0 aromatic rings. The summed E-state index contributed by atoms with van der Waals surface area (Å²) in [5.41, 5.74) is -0.647. The van der Waals surface area contributed by atoms with Crippen molar-refractivity contribution >= 4 is 11.8 Å². The van der Waals surface area contributed by atoms with Crippen molar-refractivity contribution in [3.8, 4) is 0 Å². The quantitative estimate of drug-likeness (QED) is 0.681. The summed E-state index contributed by atoms with van der Waals surface area (Å²) in [5.74, 6) is 0.0620. The van der Waals surface area contributed by atoms with Gasteiger partial charge in [0.2, 0.25) is 11.8 Å². The summed E-state index contributed by atoms with van der Waals surface area (Å²) in [7, 11) is 0. The van der Waals surface area contributed by atoms with E-state index in [0.29, 0.717) is 19.0 Å². The molecule has 1 aliphatic heterocycles. The van der Waals surface area contributed by atoms with Crippen LogP contribution in [0.1, 0.15) is 26.7 Å². The van der Waals surface area contributed by atoms with Crippen molar-refractivity contribution < 1.29 is 14.7 Å². The number of amides is 2. The van der Waals surface area contributed by atoms with Gasteiger partial charge < -0.3 is 15.3 Å². The van der Waals surface area contributed by atoms with Gasteiger partial charge in [0.25, 0.3) is 0 Å². The fourth-order valence-electron chi connectivity index (χ4n) is 2.29. The Bertz CT molecular complexity index is 319. The Morgan fingerprint density at radius 3 is 2.44 bits per heavy atom. The predicted molar refractivity (Wildman–Crippen MR) is 57.5 cm³/mol. The number of β-amino-alcohol motifs (C(OH)–C–C–N with tert-alkyl or cyclic N) is 1. The van der Waals surface area contributed by atoms with Crippen molar-refractivity contribution in [1.29, 1.82) is 0 Å². The van der Waals surface area contributed by atoms with Crippen LogP contribution < -0.4 is 5.32 Å². The first-order valence-corrected chi connectivity index (χ1v) is 5.70. The van der Waals surface area contributed by atoms with Gasteiger partial charge in [-0.3, -0.25) is 9.59 Å². The van der Waals surface area contributed by atoms with Crippen molar-refractivity contribution in [2.75, 3.05) is 13.1 Å². The number of hydrogen-bond acceptors (Lipinski definition) is 3. The minimum absolute atomic E-state index is 0.111. The summed E-state index contributed by atoms with van der Waals surface area (Å²) in [6.07, 6.45) is 2.14. The van der Waals surface area contributed by atoms with Gasteiger partial charge in [-0.15, -0.1) is 0 Å². The van der Waals surface area contributed by atoms with Crippen molar-refractivity contribution in [2.45, 2.75) is 38.3 Å². The van der Waals surface area contributed by atoms with E-state index in [4.69, 9.17) is 0 Å². The van der Waals surface area contributed by atoms with E-state index in [1.807, 2.05) is 0 Å². The molecule has 1 aliphatic carbocycles. The molecule has 5 nitrogen and oxygen atoms in total. The molecule has 0 spiro atoms. The van der Waals surface area contributed by atoms with Gasteiger partial charge >= 0.3 is 0 Å². The first-order valence-electron chi connectivity index (χ1n) is 5.70. The maximum atomic E-state index is 11.8. The summed E-state index contributed by atoms with van der Waals surface area (Å²) in [6, 6.07) is -0.499. The van der Waals surface area contributed by atoms with Crippen LogP contribution >= 0.6 is 0 Å². The maximum absolute atomic E-state index is 11.8. The average Bonchev–Trinajstić information content (AvgIpc) is 2.93. The molecular weight excluding hydrogens is 208 g/mol. The Morgan fingerprint density at radius 2 is 2.00 bits per heavy atom. The molecule has 2 aliphatic rings. The third-order valence-electron chi connectivity index (χ3n) is 3.37. The van der Waals surface area contributed by atoms with E-state index in [9.17, 15) is 14.7 Å². The molecule has 2 fully saturated rings. The fourth-order valence-corrected chi connectivity index (χ4v) is 2.29. The Balaban J connectivity index is 1.82. The number of carbonyl (C=O) groups excluding carboxylic acids is 2. The van der Waals surface area contributed by atoms with E-state index in [1.165, 1.54) is 6.92 Å². The SMILES string of the molecule is CC(=O)NC(C)C(=O)N1CC(O)(C2CC2)C1. The molecule has 2 rings (SSSR count). The molecule has 0 aromatic carbocycles. The summed E-state index contributed by atoms with van der Waals surface area (Å²) in [5, 5.41) is 12.6. The second-order valence-corrected chi connectivity index (χ2v) is 4.99. The molecule has 2 amide bonds. The van der Waals surface area contributed by atoms with Crippen LogP contribution in [0.4, 0.5) is 0 Å². The van der Waals surface area contributed by atoms with Gasteiger partial charge in [0, 0.05) is 6.92 Å². The van der Waals surface area contributed by atoms with Crippen LogP contribution in [-0.2, 0) is 9.59 Å². The lowest BCUT2D eigenvalue weighted by molar-refractivity contribution is -0.161. The Morgan fingerprint density at radius 1 is 1.44 bits per heavy atom. The van der Waals surface area contributed by atoms with Gasteiger partial charge in [-0.1, -0.05) is 0 Å². The van der Waals surface area contributed by atoms with Gasteiger partial charge in [-0.2, -0.15) is 0 Å². The second-order valence-electron chi connectivity index (χ2n) is 4.99. The summed E-state index contributed by atoms with van der Waals surface area (Å²) >= 11 is 0. The molecule has 90 valence electrons. The lowest BCUT2D eigenvalue weighted by Crippen LogP contribution is -2.67. The van der Waals surface area contributed by atoms with Crippen LogP contribution in [0.5, 0.6) is 0 Å². The van der Waals surface area contributed by atoms with Crippen molar-refractivity contribution in [3.05, 3.63) is 0 Å². The van der Waals surface area contributed by atoms with Crippen LogP contribution in [-0.4, -0.2) is 46.6 Å². The molecule has 5 heteroatoms. The molecule has 1 saturated heterocycles. The van der Waals surface area contributed by atoms with E-state index in [-0.39, 0.29) is 11.8 Å². The summed E-state index contributed by atoms with van der Waals surface area (Å²) in [6.45, 7) is 3.89. The molecule has 2 N–H and O–H groups in total. The third kappa shape index (κ3) is 2.04. The second kappa shape index (κ2) is 3.73. The van der Waals surface area contributed by atoms with Crippen molar-refractivity contribution in [2.24, 2.45) is 5.92 Å². The number of nitrogens with zero attached hydrogens (tertiary/aromatic N) is 1. The van der Waals surface area contributed by atoms with Gasteiger partial charge in [0.1, 0.15) is 11.6 Å². The van der Waals surface area contributed by atoms with Gasteiger partial charge in [-0.05, 0) is 25.7 Å². The number of carbonyl (C=O) groups is 2. The molecular formula is C11H18N2O3. The zero-order chi connectivity index (χ0) is 11.9. The number of rotatable bonds is 3. The van der Waals surface area contributed by atoms with Crippen LogP contribution in [0.2, 0.25) is 0 Å². The smallest absolute Gasteiger partial charge is 0.245 e. The summed E-state index contributed by atoms with van der Waals surface area (Å²) in [4.78, 5) is 24.2. The maximum Gasteiger partial charge on any atom is 0.245 e. The lowest BCUT2D eigenvalue weighted by Gasteiger charge is -2.47. The monoisotopic (exact) mass is 226 g/mol. The van der Waals surface area contributed by atoms with E-state index in [0.717, 1.165) is 12.8 Å². The topological polar surface area (TPSA) is 69.6 Å². The molecule has 0 radical (unpaired) electrons.